The van der Waals surface area contributed by atoms with Crippen molar-refractivity contribution in [1.29, 1.82) is 0 Å². The van der Waals surface area contributed by atoms with Gasteiger partial charge in [-0.3, -0.25) is 5.32 Å². The van der Waals surface area contributed by atoms with Crippen molar-refractivity contribution in [2.24, 2.45) is 0 Å². The number of carbonyl (C=O) groups is 1. The minimum atomic E-state index is -0.435. The van der Waals surface area contributed by atoms with Gasteiger partial charge < -0.3 is 4.90 Å². The number of urea groups is 1. The number of pyridine rings is 2. The molecule has 4 rings (SSSR count). The van der Waals surface area contributed by atoms with Crippen LogP contribution in [0.2, 0.25) is 10.2 Å². The molecule has 2 aliphatic rings. The summed E-state index contributed by atoms with van der Waals surface area (Å²) in [6, 6.07) is 4.52. The molecule has 2 amide bonds. The van der Waals surface area contributed by atoms with Gasteiger partial charge in [-0.1, -0.05) is 23.2 Å². The van der Waals surface area contributed by atoms with E-state index in [-0.39, 0.29) is 23.3 Å². The fourth-order valence-corrected chi connectivity index (χ4v) is 3.85. The van der Waals surface area contributed by atoms with Gasteiger partial charge >= 0.3 is 6.03 Å². The summed E-state index contributed by atoms with van der Waals surface area (Å²) < 4.78 is 13.9. The minimum absolute atomic E-state index is 0.0380. The molecule has 124 valence electrons. The van der Waals surface area contributed by atoms with Crippen molar-refractivity contribution in [3.63, 3.8) is 0 Å². The summed E-state index contributed by atoms with van der Waals surface area (Å²) in [7, 11) is 0. The first-order valence-corrected chi connectivity index (χ1v) is 8.35. The fourth-order valence-electron chi connectivity index (χ4n) is 3.59. The molecule has 0 radical (unpaired) electrons. The lowest BCUT2D eigenvalue weighted by atomic mass is 9.95. The third-order valence-electron chi connectivity index (χ3n) is 4.61. The van der Waals surface area contributed by atoms with Gasteiger partial charge in [0.15, 0.2) is 0 Å². The van der Waals surface area contributed by atoms with E-state index in [0.717, 1.165) is 18.4 Å². The molecule has 4 heterocycles. The number of rotatable bonds is 1. The van der Waals surface area contributed by atoms with Crippen LogP contribution < -0.4 is 5.32 Å². The second-order valence-electron chi connectivity index (χ2n) is 5.93. The molecule has 8 heteroatoms. The summed E-state index contributed by atoms with van der Waals surface area (Å²) in [6.45, 7) is 0. The number of carbonyl (C=O) groups excluding carboxylic acids is 1. The molecule has 1 N–H and O–H groups in total. The maximum absolute atomic E-state index is 13.9. The predicted molar refractivity (Wildman–Crippen MR) is 88.8 cm³/mol. The number of halogens is 3. The van der Waals surface area contributed by atoms with Crippen LogP contribution in [0.4, 0.5) is 15.0 Å². The summed E-state index contributed by atoms with van der Waals surface area (Å²) in [4.78, 5) is 22.2. The number of aromatic nitrogens is 2. The quantitative estimate of drug-likeness (QED) is 0.768. The third-order valence-corrected chi connectivity index (χ3v) is 5.30. The molecule has 2 aromatic rings. The topological polar surface area (TPSA) is 58.1 Å². The molecule has 2 aliphatic heterocycles. The number of anilines is 1. The summed E-state index contributed by atoms with van der Waals surface area (Å²) >= 11 is 11.7. The van der Waals surface area contributed by atoms with Crippen molar-refractivity contribution in [2.75, 3.05) is 5.32 Å². The van der Waals surface area contributed by atoms with Gasteiger partial charge in [0.05, 0.1) is 11.1 Å². The molecule has 0 unspecified atom stereocenters. The average Bonchev–Trinajstić information content (AvgIpc) is 2.87. The molecule has 0 aromatic carbocycles. The molecule has 2 atom stereocenters. The Bertz CT molecular complexity index is 832. The summed E-state index contributed by atoms with van der Waals surface area (Å²) in [5.41, 5.74) is 1.47. The van der Waals surface area contributed by atoms with Crippen molar-refractivity contribution in [3.05, 3.63) is 51.6 Å². The number of nitrogens with one attached hydrogen (secondary N) is 1. The van der Waals surface area contributed by atoms with E-state index >= 15 is 0 Å². The Balaban J connectivity index is 1.61. The molecule has 0 spiro atoms. The van der Waals surface area contributed by atoms with Gasteiger partial charge in [0, 0.05) is 17.8 Å². The van der Waals surface area contributed by atoms with Gasteiger partial charge in [0.1, 0.15) is 11.0 Å². The number of fused-ring (bicyclic) bond motifs is 4. The number of hydrogen-bond donors (Lipinski definition) is 1. The predicted octanol–water partition coefficient (Wildman–Crippen LogP) is 4.22. The van der Waals surface area contributed by atoms with E-state index < -0.39 is 5.95 Å². The van der Waals surface area contributed by atoms with Crippen LogP contribution in [0.3, 0.4) is 0 Å². The number of hydrogen-bond acceptors (Lipinski definition) is 3. The van der Waals surface area contributed by atoms with Gasteiger partial charge in [-0.15, -0.1) is 0 Å². The molecule has 2 bridgehead atoms. The monoisotopic (exact) mass is 366 g/mol. The van der Waals surface area contributed by atoms with Gasteiger partial charge in [-0.25, -0.2) is 14.8 Å². The molecule has 24 heavy (non-hydrogen) atoms. The zero-order valence-electron chi connectivity index (χ0n) is 12.5. The maximum Gasteiger partial charge on any atom is 0.323 e. The average molecular weight is 367 g/mol. The van der Waals surface area contributed by atoms with E-state index in [9.17, 15) is 9.18 Å². The minimum Gasteiger partial charge on any atom is -0.314 e. The van der Waals surface area contributed by atoms with Crippen LogP contribution in [0.15, 0.2) is 24.4 Å². The van der Waals surface area contributed by atoms with Crippen LogP contribution in [-0.4, -0.2) is 26.9 Å². The van der Waals surface area contributed by atoms with Gasteiger partial charge in [-0.05, 0) is 43.0 Å². The smallest absolute Gasteiger partial charge is 0.314 e. The van der Waals surface area contributed by atoms with Crippen LogP contribution in [0.5, 0.6) is 0 Å². The summed E-state index contributed by atoms with van der Waals surface area (Å²) in [6.07, 6.45) is 3.57. The van der Waals surface area contributed by atoms with Crippen molar-refractivity contribution in [1.82, 2.24) is 14.9 Å². The number of nitrogens with zero attached hydrogens (tertiary/aromatic N) is 3. The first kappa shape index (κ1) is 15.6. The third kappa shape index (κ3) is 2.50. The highest BCUT2D eigenvalue weighted by Gasteiger charge is 2.43. The van der Waals surface area contributed by atoms with E-state index in [1.54, 1.807) is 23.1 Å². The first-order valence-electron chi connectivity index (χ1n) is 7.59. The molecule has 1 fully saturated rings. The Morgan fingerprint density at radius 3 is 2.92 bits per heavy atom. The molecule has 5 nitrogen and oxygen atoms in total. The molecule has 1 saturated heterocycles. The van der Waals surface area contributed by atoms with Crippen LogP contribution in [0.1, 0.15) is 30.0 Å². The van der Waals surface area contributed by atoms with Crippen LogP contribution >= 0.6 is 23.2 Å². The Labute approximate surface area is 147 Å². The van der Waals surface area contributed by atoms with Gasteiger partial charge in [0.2, 0.25) is 5.95 Å². The Morgan fingerprint density at radius 1 is 1.29 bits per heavy atom. The van der Waals surface area contributed by atoms with E-state index in [0.29, 0.717) is 22.8 Å². The molecule has 0 aliphatic carbocycles. The van der Waals surface area contributed by atoms with Crippen molar-refractivity contribution in [2.45, 2.75) is 31.3 Å². The summed E-state index contributed by atoms with van der Waals surface area (Å²) in [5.74, 6) is -0.101. The zero-order valence-corrected chi connectivity index (χ0v) is 14.0. The van der Waals surface area contributed by atoms with Crippen molar-refractivity contribution >= 4 is 35.1 Å². The standard InChI is InChI=1S/C16H13Cl2FN4O/c17-11-2-4-13(21-14(11)18)22-16(24)23-8-1-3-12(23)9-5-6-20-15(19)10(9)7-8/h2,4-6,8,12H,1,3,7H2,(H,21,22,24)/t8-,12+/m1/s1. The van der Waals surface area contributed by atoms with Crippen LogP contribution in [0, 0.1) is 5.95 Å². The lowest BCUT2D eigenvalue weighted by Crippen LogP contribution is -2.44. The molecule has 2 aromatic heterocycles. The van der Waals surface area contributed by atoms with Crippen LogP contribution in [0.25, 0.3) is 0 Å². The van der Waals surface area contributed by atoms with Crippen molar-refractivity contribution < 1.29 is 9.18 Å². The molecular formula is C16H13Cl2FN4O. The Kier molecular flexibility index (Phi) is 3.81. The zero-order chi connectivity index (χ0) is 16.8. The van der Waals surface area contributed by atoms with E-state index in [1.807, 2.05) is 0 Å². The first-order chi connectivity index (χ1) is 11.5. The Morgan fingerprint density at radius 2 is 2.12 bits per heavy atom. The van der Waals surface area contributed by atoms with Gasteiger partial charge in [-0.2, -0.15) is 4.39 Å². The highest BCUT2D eigenvalue weighted by Crippen LogP contribution is 2.44. The number of amides is 2. The second kappa shape index (κ2) is 5.86. The van der Waals surface area contributed by atoms with E-state index in [1.165, 1.54) is 6.20 Å². The second-order valence-corrected chi connectivity index (χ2v) is 6.69. The molecule has 0 saturated carbocycles. The SMILES string of the molecule is O=C(Nc1ccc(Cl)c(Cl)n1)N1[C@@H]2CC[C@H]1c1ccnc(F)c1C2. The highest BCUT2D eigenvalue weighted by atomic mass is 35.5. The van der Waals surface area contributed by atoms with Gasteiger partial charge in [0.25, 0.3) is 0 Å². The fraction of sp³-hybridized carbons (Fsp3) is 0.312. The van der Waals surface area contributed by atoms with Crippen LogP contribution in [-0.2, 0) is 6.42 Å². The highest BCUT2D eigenvalue weighted by molar-refractivity contribution is 6.41. The summed E-state index contributed by atoms with van der Waals surface area (Å²) in [5, 5.41) is 3.21. The largest absolute Gasteiger partial charge is 0.323 e. The lowest BCUT2D eigenvalue weighted by Gasteiger charge is -2.36. The van der Waals surface area contributed by atoms with E-state index in [4.69, 9.17) is 23.2 Å². The Hall–Kier alpha value is -1.92. The normalized spacial score (nSPS) is 21.5. The van der Waals surface area contributed by atoms with E-state index in [2.05, 4.69) is 15.3 Å². The maximum atomic E-state index is 13.9. The lowest BCUT2D eigenvalue weighted by molar-refractivity contribution is 0.178. The van der Waals surface area contributed by atoms with Crippen molar-refractivity contribution in [3.8, 4) is 0 Å². The molecular weight excluding hydrogens is 354 g/mol.